The number of amides is 1. The van der Waals surface area contributed by atoms with Crippen LogP contribution in [-0.4, -0.2) is 20.4 Å². The number of sulfonamides is 1. The van der Waals surface area contributed by atoms with Gasteiger partial charge in [0.2, 0.25) is 0 Å². The highest BCUT2D eigenvalue weighted by Gasteiger charge is 2.17. The Hall–Kier alpha value is -3.32. The SMILES string of the molecule is Cc1ccc(NS(=O)(=O)c2ccc(NC(=O)[C@H](C)Oc3ccc(C)cc3C)cc2)cc1. The van der Waals surface area contributed by atoms with Gasteiger partial charge in [0.15, 0.2) is 6.10 Å². The Balaban J connectivity index is 1.63. The molecule has 0 unspecified atom stereocenters. The minimum atomic E-state index is -3.72. The predicted molar refractivity (Wildman–Crippen MR) is 123 cm³/mol. The van der Waals surface area contributed by atoms with Crippen LogP contribution >= 0.6 is 0 Å². The average molecular weight is 439 g/mol. The molecule has 31 heavy (non-hydrogen) atoms. The lowest BCUT2D eigenvalue weighted by atomic mass is 10.1. The van der Waals surface area contributed by atoms with Crippen LogP contribution in [0.3, 0.4) is 0 Å². The molecule has 0 fully saturated rings. The smallest absolute Gasteiger partial charge is 0.265 e. The van der Waals surface area contributed by atoms with Crippen LogP contribution in [-0.2, 0) is 14.8 Å². The second-order valence-corrected chi connectivity index (χ2v) is 9.20. The van der Waals surface area contributed by atoms with Crippen molar-refractivity contribution >= 4 is 27.3 Å². The van der Waals surface area contributed by atoms with Crippen LogP contribution in [0.25, 0.3) is 0 Å². The molecule has 0 bridgehead atoms. The zero-order valence-corrected chi connectivity index (χ0v) is 18.8. The maximum atomic E-state index is 12.6. The molecule has 7 heteroatoms. The summed E-state index contributed by atoms with van der Waals surface area (Å²) in [5, 5.41) is 2.75. The molecule has 3 aromatic carbocycles. The van der Waals surface area contributed by atoms with Crippen LogP contribution in [0.5, 0.6) is 5.75 Å². The van der Waals surface area contributed by atoms with Crippen LogP contribution in [0.15, 0.2) is 71.6 Å². The summed E-state index contributed by atoms with van der Waals surface area (Å²) in [6, 6.07) is 18.8. The molecule has 0 heterocycles. The second-order valence-electron chi connectivity index (χ2n) is 7.51. The Labute approximate surface area is 183 Å². The third-order valence-corrected chi connectivity index (χ3v) is 6.14. The molecule has 1 amide bonds. The summed E-state index contributed by atoms with van der Waals surface area (Å²) in [4.78, 5) is 12.6. The van der Waals surface area contributed by atoms with E-state index >= 15 is 0 Å². The van der Waals surface area contributed by atoms with E-state index < -0.39 is 16.1 Å². The van der Waals surface area contributed by atoms with Crippen molar-refractivity contribution in [3.8, 4) is 5.75 Å². The number of rotatable bonds is 7. The van der Waals surface area contributed by atoms with Crippen molar-refractivity contribution < 1.29 is 17.9 Å². The maximum absolute atomic E-state index is 12.6. The van der Waals surface area contributed by atoms with Crippen LogP contribution in [0.4, 0.5) is 11.4 Å². The van der Waals surface area contributed by atoms with Gasteiger partial charge in [0.25, 0.3) is 15.9 Å². The van der Waals surface area contributed by atoms with Gasteiger partial charge in [-0.05, 0) is 75.7 Å². The monoisotopic (exact) mass is 438 g/mol. The third kappa shape index (κ3) is 5.86. The van der Waals surface area contributed by atoms with Gasteiger partial charge < -0.3 is 10.1 Å². The lowest BCUT2D eigenvalue weighted by Crippen LogP contribution is -2.30. The van der Waals surface area contributed by atoms with E-state index in [4.69, 9.17) is 4.74 Å². The van der Waals surface area contributed by atoms with Crippen molar-refractivity contribution in [2.24, 2.45) is 0 Å². The zero-order valence-electron chi connectivity index (χ0n) is 18.0. The average Bonchev–Trinajstić information content (AvgIpc) is 2.72. The van der Waals surface area contributed by atoms with Crippen molar-refractivity contribution in [2.45, 2.75) is 38.7 Å². The van der Waals surface area contributed by atoms with Crippen molar-refractivity contribution in [2.75, 3.05) is 10.0 Å². The van der Waals surface area contributed by atoms with E-state index in [9.17, 15) is 13.2 Å². The molecule has 0 spiro atoms. The van der Waals surface area contributed by atoms with Crippen molar-refractivity contribution in [3.63, 3.8) is 0 Å². The van der Waals surface area contributed by atoms with Crippen molar-refractivity contribution in [1.29, 1.82) is 0 Å². The summed E-state index contributed by atoms with van der Waals surface area (Å²) in [5.41, 5.74) is 4.08. The second kappa shape index (κ2) is 9.22. The van der Waals surface area contributed by atoms with Gasteiger partial charge in [-0.3, -0.25) is 9.52 Å². The molecule has 0 saturated carbocycles. The summed E-state index contributed by atoms with van der Waals surface area (Å²) in [6.45, 7) is 7.52. The molecule has 0 radical (unpaired) electrons. The largest absolute Gasteiger partial charge is 0.481 e. The molecule has 0 aliphatic heterocycles. The van der Waals surface area contributed by atoms with Crippen LogP contribution in [0.1, 0.15) is 23.6 Å². The lowest BCUT2D eigenvalue weighted by Gasteiger charge is -2.17. The summed E-state index contributed by atoms with van der Waals surface area (Å²) < 4.78 is 33.4. The topological polar surface area (TPSA) is 84.5 Å². The summed E-state index contributed by atoms with van der Waals surface area (Å²) in [5.74, 6) is 0.324. The zero-order chi connectivity index (χ0) is 22.6. The third-order valence-electron chi connectivity index (χ3n) is 4.74. The molecule has 0 saturated heterocycles. The Morgan fingerprint density at radius 2 is 1.42 bits per heavy atom. The first-order valence-electron chi connectivity index (χ1n) is 9.88. The maximum Gasteiger partial charge on any atom is 0.265 e. The first kappa shape index (κ1) is 22.4. The number of anilines is 2. The fraction of sp³-hybridized carbons (Fsp3) is 0.208. The van der Waals surface area contributed by atoms with E-state index in [1.807, 2.05) is 51.1 Å². The number of carbonyl (C=O) groups is 1. The number of ether oxygens (including phenoxy) is 1. The quantitative estimate of drug-likeness (QED) is 0.554. The minimum absolute atomic E-state index is 0.102. The first-order valence-corrected chi connectivity index (χ1v) is 11.4. The number of benzene rings is 3. The molecule has 0 aliphatic rings. The molecule has 0 aromatic heterocycles. The molecule has 162 valence electrons. The van der Waals surface area contributed by atoms with Gasteiger partial charge in [0.1, 0.15) is 5.75 Å². The van der Waals surface area contributed by atoms with E-state index in [2.05, 4.69) is 10.0 Å². The highest BCUT2D eigenvalue weighted by atomic mass is 32.2. The van der Waals surface area contributed by atoms with Gasteiger partial charge in [0, 0.05) is 11.4 Å². The summed E-state index contributed by atoms with van der Waals surface area (Å²) >= 11 is 0. The van der Waals surface area contributed by atoms with Crippen LogP contribution in [0.2, 0.25) is 0 Å². The van der Waals surface area contributed by atoms with Gasteiger partial charge in [-0.2, -0.15) is 0 Å². The number of hydrogen-bond acceptors (Lipinski definition) is 4. The van der Waals surface area contributed by atoms with Gasteiger partial charge in [-0.1, -0.05) is 35.4 Å². The molecule has 6 nitrogen and oxygen atoms in total. The van der Waals surface area contributed by atoms with E-state index in [0.717, 1.165) is 16.7 Å². The molecule has 1 atom stereocenters. The van der Waals surface area contributed by atoms with Crippen molar-refractivity contribution in [3.05, 3.63) is 83.4 Å². The lowest BCUT2D eigenvalue weighted by molar-refractivity contribution is -0.122. The normalized spacial score (nSPS) is 12.1. The van der Waals surface area contributed by atoms with Crippen LogP contribution in [0, 0.1) is 20.8 Å². The van der Waals surface area contributed by atoms with E-state index in [1.54, 1.807) is 31.2 Å². The first-order chi connectivity index (χ1) is 14.6. The van der Waals surface area contributed by atoms with Gasteiger partial charge in [-0.15, -0.1) is 0 Å². The number of nitrogens with one attached hydrogen (secondary N) is 2. The molecular formula is C24H26N2O4S. The highest BCUT2D eigenvalue weighted by molar-refractivity contribution is 7.92. The summed E-state index contributed by atoms with van der Waals surface area (Å²) in [7, 11) is -3.72. The van der Waals surface area contributed by atoms with Gasteiger partial charge in [0.05, 0.1) is 4.90 Å². The van der Waals surface area contributed by atoms with E-state index in [-0.39, 0.29) is 10.8 Å². The molecule has 0 aliphatic carbocycles. The Morgan fingerprint density at radius 1 is 0.839 bits per heavy atom. The van der Waals surface area contributed by atoms with Crippen molar-refractivity contribution in [1.82, 2.24) is 0 Å². The highest BCUT2D eigenvalue weighted by Crippen LogP contribution is 2.21. The Bertz CT molecular complexity index is 1170. The Kier molecular flexibility index (Phi) is 6.65. The van der Waals surface area contributed by atoms with Gasteiger partial charge in [-0.25, -0.2) is 8.42 Å². The molecule has 3 aromatic rings. The fourth-order valence-electron chi connectivity index (χ4n) is 2.97. The number of aryl methyl sites for hydroxylation is 3. The standard InChI is InChI=1S/C24H26N2O4S/c1-16-5-8-21(9-6-16)26-31(28,29)22-12-10-20(11-13-22)25-24(27)19(4)30-23-14-7-17(2)15-18(23)3/h5-15,19,26H,1-4H3,(H,25,27)/t19-/m0/s1. The van der Waals surface area contributed by atoms with E-state index in [1.165, 1.54) is 12.1 Å². The molecule has 3 rings (SSSR count). The molecular weight excluding hydrogens is 412 g/mol. The Morgan fingerprint density at radius 3 is 2.03 bits per heavy atom. The number of carbonyl (C=O) groups excluding carboxylic acids is 1. The summed E-state index contributed by atoms with van der Waals surface area (Å²) in [6.07, 6.45) is -0.715. The number of hydrogen-bond donors (Lipinski definition) is 2. The van der Waals surface area contributed by atoms with Gasteiger partial charge >= 0.3 is 0 Å². The minimum Gasteiger partial charge on any atom is -0.481 e. The van der Waals surface area contributed by atoms with E-state index in [0.29, 0.717) is 17.1 Å². The fourth-order valence-corrected chi connectivity index (χ4v) is 4.03. The molecule has 2 N–H and O–H groups in total. The van der Waals surface area contributed by atoms with Crippen LogP contribution < -0.4 is 14.8 Å². The predicted octanol–water partition coefficient (Wildman–Crippen LogP) is 4.82.